The van der Waals surface area contributed by atoms with Gasteiger partial charge in [-0.3, -0.25) is 14.5 Å². The molecule has 0 radical (unpaired) electrons. The Morgan fingerprint density at radius 1 is 1.53 bits per heavy atom. The zero-order valence-corrected chi connectivity index (χ0v) is 10.9. The van der Waals surface area contributed by atoms with Crippen LogP contribution in [0.4, 0.5) is 5.13 Å². The second-order valence-electron chi connectivity index (χ2n) is 4.37. The average molecular weight is 253 g/mol. The van der Waals surface area contributed by atoms with Crippen molar-refractivity contribution in [3.8, 4) is 0 Å². The minimum atomic E-state index is -0.463. The molecule has 1 N–H and O–H groups in total. The third-order valence-corrected chi connectivity index (χ3v) is 3.46. The lowest BCUT2D eigenvalue weighted by atomic mass is 10.2. The lowest BCUT2D eigenvalue weighted by Crippen LogP contribution is -2.39. The number of carbonyl (C=O) groups is 2. The fourth-order valence-corrected chi connectivity index (χ4v) is 2.59. The number of aryl methyl sites for hydroxylation is 1. The number of amides is 2. The van der Waals surface area contributed by atoms with Crippen molar-refractivity contribution in [2.24, 2.45) is 0 Å². The Balaban J connectivity index is 2.09. The number of hydrogen-bond acceptors (Lipinski definition) is 5. The summed E-state index contributed by atoms with van der Waals surface area (Å²) in [5, 5.41) is 3.72. The van der Waals surface area contributed by atoms with Gasteiger partial charge in [0.1, 0.15) is 6.04 Å². The van der Waals surface area contributed by atoms with Crippen LogP contribution in [0.5, 0.6) is 0 Å². The summed E-state index contributed by atoms with van der Waals surface area (Å²) in [4.78, 5) is 30.2. The summed E-state index contributed by atoms with van der Waals surface area (Å²) in [6.45, 7) is 5.63. The van der Waals surface area contributed by atoms with Gasteiger partial charge in [0.05, 0.1) is 6.42 Å². The van der Waals surface area contributed by atoms with Crippen LogP contribution in [0.25, 0.3) is 0 Å². The van der Waals surface area contributed by atoms with Crippen LogP contribution in [0.3, 0.4) is 0 Å². The predicted octanol–water partition coefficient (Wildman–Crippen LogP) is 1.40. The van der Waals surface area contributed by atoms with E-state index in [0.29, 0.717) is 5.13 Å². The molecule has 0 saturated carbocycles. The van der Waals surface area contributed by atoms with Crippen molar-refractivity contribution in [3.63, 3.8) is 0 Å². The Morgan fingerprint density at radius 3 is 2.71 bits per heavy atom. The van der Waals surface area contributed by atoms with Crippen molar-refractivity contribution in [2.45, 2.75) is 39.3 Å². The summed E-state index contributed by atoms with van der Waals surface area (Å²) in [6, 6.07) is -0.546. The molecule has 0 spiro atoms. The van der Waals surface area contributed by atoms with Gasteiger partial charge in [0, 0.05) is 17.1 Å². The number of imide groups is 1. The molecule has 1 unspecified atom stereocenters. The molecule has 1 aromatic heterocycles. The van der Waals surface area contributed by atoms with Gasteiger partial charge in [0.2, 0.25) is 5.91 Å². The highest BCUT2D eigenvalue weighted by atomic mass is 32.1. The van der Waals surface area contributed by atoms with E-state index in [-0.39, 0.29) is 24.3 Å². The van der Waals surface area contributed by atoms with Crippen LogP contribution in [0.15, 0.2) is 6.20 Å². The molecule has 1 saturated heterocycles. The molecule has 1 atom stereocenters. The molecule has 1 aliphatic rings. The SMILES string of the molecule is Cc1cnc(NC2CC(=O)N(C(C)C)C2=O)s1. The van der Waals surface area contributed by atoms with Gasteiger partial charge in [0.25, 0.3) is 5.91 Å². The maximum atomic E-state index is 12.0. The lowest BCUT2D eigenvalue weighted by Gasteiger charge is -2.18. The molecule has 2 heterocycles. The van der Waals surface area contributed by atoms with Crippen molar-refractivity contribution in [1.29, 1.82) is 0 Å². The number of likely N-dealkylation sites (tertiary alicyclic amines) is 1. The molecule has 2 amide bonds. The normalized spacial score (nSPS) is 20.5. The molecule has 2 rings (SSSR count). The summed E-state index contributed by atoms with van der Waals surface area (Å²) < 4.78 is 0. The first kappa shape index (κ1) is 12.0. The Labute approximate surface area is 104 Å². The molecule has 6 heteroatoms. The predicted molar refractivity (Wildman–Crippen MR) is 65.9 cm³/mol. The molecule has 92 valence electrons. The lowest BCUT2D eigenvalue weighted by molar-refractivity contribution is -0.140. The molecule has 5 nitrogen and oxygen atoms in total. The van der Waals surface area contributed by atoms with Crippen LogP contribution >= 0.6 is 11.3 Å². The van der Waals surface area contributed by atoms with E-state index in [1.54, 1.807) is 6.20 Å². The minimum Gasteiger partial charge on any atom is -0.349 e. The number of carbonyl (C=O) groups excluding carboxylic acids is 2. The highest BCUT2D eigenvalue weighted by molar-refractivity contribution is 7.15. The van der Waals surface area contributed by atoms with E-state index in [2.05, 4.69) is 10.3 Å². The molecule has 0 aromatic carbocycles. The number of thiazole rings is 1. The molecular formula is C11H15N3O2S. The monoisotopic (exact) mass is 253 g/mol. The van der Waals surface area contributed by atoms with Crippen LogP contribution in [-0.4, -0.2) is 33.8 Å². The number of nitrogens with one attached hydrogen (secondary N) is 1. The van der Waals surface area contributed by atoms with Gasteiger partial charge in [-0.2, -0.15) is 0 Å². The van der Waals surface area contributed by atoms with Gasteiger partial charge in [-0.25, -0.2) is 4.98 Å². The van der Waals surface area contributed by atoms with Crippen LogP contribution in [0.1, 0.15) is 25.1 Å². The number of aromatic nitrogens is 1. The number of nitrogens with zero attached hydrogens (tertiary/aromatic N) is 2. The number of hydrogen-bond donors (Lipinski definition) is 1. The van der Waals surface area contributed by atoms with Crippen molar-refractivity contribution in [2.75, 3.05) is 5.32 Å². The Hall–Kier alpha value is -1.43. The summed E-state index contributed by atoms with van der Waals surface area (Å²) in [7, 11) is 0. The largest absolute Gasteiger partial charge is 0.349 e. The Morgan fingerprint density at radius 2 is 2.24 bits per heavy atom. The first-order chi connectivity index (χ1) is 7.99. The van der Waals surface area contributed by atoms with Gasteiger partial charge in [-0.05, 0) is 20.8 Å². The molecule has 17 heavy (non-hydrogen) atoms. The first-order valence-corrected chi connectivity index (χ1v) is 6.35. The maximum Gasteiger partial charge on any atom is 0.252 e. The smallest absolute Gasteiger partial charge is 0.252 e. The average Bonchev–Trinajstić information content (AvgIpc) is 2.73. The van der Waals surface area contributed by atoms with Crippen LogP contribution in [0, 0.1) is 6.92 Å². The third kappa shape index (κ3) is 2.31. The van der Waals surface area contributed by atoms with Gasteiger partial charge in [0.15, 0.2) is 5.13 Å². The maximum absolute atomic E-state index is 12.0. The number of rotatable bonds is 3. The standard InChI is InChI=1S/C11H15N3O2S/c1-6(2)14-9(15)4-8(10(14)16)13-11-12-5-7(3)17-11/h5-6,8H,4H2,1-3H3,(H,12,13). The van der Waals surface area contributed by atoms with Crippen molar-refractivity contribution >= 4 is 28.3 Å². The first-order valence-electron chi connectivity index (χ1n) is 5.54. The molecule has 1 aromatic rings. The van der Waals surface area contributed by atoms with E-state index >= 15 is 0 Å². The molecule has 0 bridgehead atoms. The van der Waals surface area contributed by atoms with Gasteiger partial charge < -0.3 is 5.32 Å². The van der Waals surface area contributed by atoms with E-state index in [0.717, 1.165) is 4.88 Å². The fourth-order valence-electron chi connectivity index (χ4n) is 1.88. The molecule has 1 aliphatic heterocycles. The van der Waals surface area contributed by atoms with Gasteiger partial charge in [-0.1, -0.05) is 0 Å². The Bertz CT molecular complexity index is 455. The van der Waals surface area contributed by atoms with Gasteiger partial charge >= 0.3 is 0 Å². The van der Waals surface area contributed by atoms with Crippen molar-refractivity contribution in [3.05, 3.63) is 11.1 Å². The summed E-state index contributed by atoms with van der Waals surface area (Å²) in [5.41, 5.74) is 0. The third-order valence-electron chi connectivity index (χ3n) is 2.62. The highest BCUT2D eigenvalue weighted by Crippen LogP contribution is 2.23. The zero-order chi connectivity index (χ0) is 12.6. The van der Waals surface area contributed by atoms with E-state index in [1.807, 2.05) is 20.8 Å². The Kier molecular flexibility index (Phi) is 3.15. The molecule has 0 aliphatic carbocycles. The summed E-state index contributed by atoms with van der Waals surface area (Å²) in [5.74, 6) is -0.270. The van der Waals surface area contributed by atoms with Crippen LogP contribution in [-0.2, 0) is 9.59 Å². The molecule has 1 fully saturated rings. The van der Waals surface area contributed by atoms with Crippen LogP contribution < -0.4 is 5.32 Å². The summed E-state index contributed by atoms with van der Waals surface area (Å²) in [6.07, 6.45) is 1.96. The number of anilines is 1. The minimum absolute atomic E-state index is 0.0835. The fraction of sp³-hybridized carbons (Fsp3) is 0.545. The van der Waals surface area contributed by atoms with E-state index in [9.17, 15) is 9.59 Å². The van der Waals surface area contributed by atoms with E-state index < -0.39 is 6.04 Å². The van der Waals surface area contributed by atoms with Crippen LogP contribution in [0.2, 0.25) is 0 Å². The van der Waals surface area contributed by atoms with E-state index in [1.165, 1.54) is 16.2 Å². The second-order valence-corrected chi connectivity index (χ2v) is 5.61. The van der Waals surface area contributed by atoms with Crippen molar-refractivity contribution in [1.82, 2.24) is 9.88 Å². The second kappa shape index (κ2) is 4.44. The van der Waals surface area contributed by atoms with Gasteiger partial charge in [-0.15, -0.1) is 11.3 Å². The zero-order valence-electron chi connectivity index (χ0n) is 10.1. The summed E-state index contributed by atoms with van der Waals surface area (Å²) >= 11 is 1.48. The quantitative estimate of drug-likeness (QED) is 0.827. The van der Waals surface area contributed by atoms with E-state index in [4.69, 9.17) is 0 Å². The molecular weight excluding hydrogens is 238 g/mol. The highest BCUT2D eigenvalue weighted by Gasteiger charge is 2.40. The van der Waals surface area contributed by atoms with Crippen molar-refractivity contribution < 1.29 is 9.59 Å². The topological polar surface area (TPSA) is 62.3 Å².